The van der Waals surface area contributed by atoms with Crippen molar-refractivity contribution in [1.29, 1.82) is 0 Å². The minimum absolute atomic E-state index is 0.149. The molecular formula is C23H29N5O5S2. The van der Waals surface area contributed by atoms with Gasteiger partial charge in [-0.05, 0) is 56.1 Å². The normalized spacial score (nSPS) is 16.9. The number of likely N-dealkylation sites (N-methyl/N-ethyl adjacent to an activating group) is 1. The molecule has 3 N–H and O–H groups in total. The molecule has 2 aromatic rings. The average Bonchev–Trinajstić information content (AvgIpc) is 3.21. The van der Waals surface area contributed by atoms with Crippen LogP contribution in [-0.4, -0.2) is 69.2 Å². The lowest BCUT2D eigenvalue weighted by atomic mass is 10.0. The number of hydrogen-bond acceptors (Lipinski definition) is 7. The van der Waals surface area contributed by atoms with E-state index in [-0.39, 0.29) is 10.5 Å². The molecular weight excluding hydrogens is 490 g/mol. The molecule has 12 heteroatoms. The molecule has 1 fully saturated rings. The number of benzene rings is 1. The zero-order valence-electron chi connectivity index (χ0n) is 19.7. The summed E-state index contributed by atoms with van der Waals surface area (Å²) in [6, 6.07) is 5.18. The first kappa shape index (κ1) is 25.3. The lowest BCUT2D eigenvalue weighted by Crippen LogP contribution is -2.38. The second-order valence-corrected chi connectivity index (χ2v) is 11.7. The van der Waals surface area contributed by atoms with Gasteiger partial charge in [0.25, 0.3) is 11.8 Å². The van der Waals surface area contributed by atoms with Crippen molar-refractivity contribution in [2.24, 2.45) is 0 Å². The van der Waals surface area contributed by atoms with Gasteiger partial charge in [0, 0.05) is 43.7 Å². The molecule has 0 unspecified atom stereocenters. The van der Waals surface area contributed by atoms with Gasteiger partial charge in [-0.25, -0.2) is 13.2 Å². The minimum Gasteiger partial charge on any atom is -0.341 e. The number of imide groups is 1. The quantitative estimate of drug-likeness (QED) is 0.556. The molecule has 1 aromatic heterocycles. The molecule has 1 aromatic carbocycles. The fourth-order valence-corrected chi connectivity index (χ4v) is 7.13. The number of anilines is 1. The highest BCUT2D eigenvalue weighted by molar-refractivity contribution is 7.89. The maximum atomic E-state index is 13.0. The molecule has 35 heavy (non-hydrogen) atoms. The number of carbonyl (C=O) groups excluding carboxylic acids is 3. The summed E-state index contributed by atoms with van der Waals surface area (Å²) in [6.07, 6.45) is 3.33. The largest absolute Gasteiger partial charge is 0.341 e. The standard InChI is InChI=1S/C23H29N5O5S2/c1-24-23(31)26-21(30)19-17-10-13-27(2)14-18(17)34-22(19)25-20(29)15-6-8-16(9-7-15)35(32,33)28-11-4-3-5-12-28/h6-9H,3-5,10-14H2,1-2H3,(H,25,29)(H2,24,26,30,31). The number of urea groups is 1. The fraction of sp³-hybridized carbons (Fsp3) is 0.435. The van der Waals surface area contributed by atoms with Gasteiger partial charge in [0.15, 0.2) is 0 Å². The van der Waals surface area contributed by atoms with E-state index < -0.39 is 27.9 Å². The number of sulfonamides is 1. The van der Waals surface area contributed by atoms with Gasteiger partial charge in [-0.2, -0.15) is 4.31 Å². The smallest absolute Gasteiger partial charge is 0.321 e. The predicted molar refractivity (Wildman–Crippen MR) is 133 cm³/mol. The van der Waals surface area contributed by atoms with Gasteiger partial charge >= 0.3 is 6.03 Å². The van der Waals surface area contributed by atoms with Gasteiger partial charge < -0.3 is 15.5 Å². The van der Waals surface area contributed by atoms with E-state index in [0.717, 1.165) is 36.2 Å². The number of nitrogens with zero attached hydrogens (tertiary/aromatic N) is 2. The topological polar surface area (TPSA) is 128 Å². The zero-order chi connectivity index (χ0) is 25.2. The molecule has 0 atom stereocenters. The number of hydrogen-bond donors (Lipinski definition) is 3. The van der Waals surface area contributed by atoms with E-state index in [2.05, 4.69) is 20.9 Å². The number of carbonyl (C=O) groups is 3. The van der Waals surface area contributed by atoms with Crippen molar-refractivity contribution in [3.8, 4) is 0 Å². The molecule has 10 nitrogen and oxygen atoms in total. The molecule has 0 spiro atoms. The first-order valence-electron chi connectivity index (χ1n) is 11.5. The Bertz CT molecular complexity index is 1230. The summed E-state index contributed by atoms with van der Waals surface area (Å²) in [7, 11) is -0.203. The highest BCUT2D eigenvalue weighted by Gasteiger charge is 2.29. The molecule has 3 heterocycles. The Morgan fingerprint density at radius 2 is 1.66 bits per heavy atom. The van der Waals surface area contributed by atoms with Crippen LogP contribution in [0.2, 0.25) is 0 Å². The third kappa shape index (κ3) is 5.40. The zero-order valence-corrected chi connectivity index (χ0v) is 21.4. The minimum atomic E-state index is -3.59. The second-order valence-electron chi connectivity index (χ2n) is 8.67. The fourth-order valence-electron chi connectivity index (χ4n) is 4.30. The van der Waals surface area contributed by atoms with Crippen LogP contribution in [0.25, 0.3) is 0 Å². The van der Waals surface area contributed by atoms with Gasteiger partial charge in [0.2, 0.25) is 10.0 Å². The number of fused-ring (bicyclic) bond motifs is 1. The SMILES string of the molecule is CNC(=O)NC(=O)c1c(NC(=O)c2ccc(S(=O)(=O)N3CCCCC3)cc2)sc2c1CCN(C)C2. The van der Waals surface area contributed by atoms with Crippen molar-refractivity contribution in [2.75, 3.05) is 39.0 Å². The van der Waals surface area contributed by atoms with E-state index in [4.69, 9.17) is 0 Å². The molecule has 2 aliphatic rings. The summed E-state index contributed by atoms with van der Waals surface area (Å²) in [5.74, 6) is -1.04. The highest BCUT2D eigenvalue weighted by Crippen LogP contribution is 2.37. The van der Waals surface area contributed by atoms with E-state index in [1.807, 2.05) is 7.05 Å². The Morgan fingerprint density at radius 3 is 2.31 bits per heavy atom. The van der Waals surface area contributed by atoms with Crippen LogP contribution in [0.5, 0.6) is 0 Å². The molecule has 0 bridgehead atoms. The van der Waals surface area contributed by atoms with Crippen molar-refractivity contribution in [2.45, 2.75) is 37.1 Å². The Labute approximate surface area is 208 Å². The summed E-state index contributed by atoms with van der Waals surface area (Å²) in [6.45, 7) is 2.40. The van der Waals surface area contributed by atoms with Crippen molar-refractivity contribution >= 4 is 44.2 Å². The van der Waals surface area contributed by atoms with Crippen LogP contribution >= 0.6 is 11.3 Å². The molecule has 0 radical (unpaired) electrons. The molecule has 0 aliphatic carbocycles. The Hall–Kier alpha value is -2.80. The first-order valence-corrected chi connectivity index (χ1v) is 13.7. The van der Waals surface area contributed by atoms with Crippen molar-refractivity contribution in [1.82, 2.24) is 19.8 Å². The molecule has 4 amide bonds. The molecule has 4 rings (SSSR count). The number of amides is 4. The highest BCUT2D eigenvalue weighted by atomic mass is 32.2. The molecule has 2 aliphatic heterocycles. The average molecular weight is 520 g/mol. The van der Waals surface area contributed by atoms with Crippen LogP contribution in [0.3, 0.4) is 0 Å². The second kappa shape index (κ2) is 10.4. The van der Waals surface area contributed by atoms with E-state index >= 15 is 0 Å². The van der Waals surface area contributed by atoms with Crippen molar-refractivity contribution in [3.63, 3.8) is 0 Å². The lowest BCUT2D eigenvalue weighted by molar-refractivity contribution is 0.0964. The third-order valence-corrected chi connectivity index (χ3v) is 9.27. The monoisotopic (exact) mass is 519 g/mol. The molecule has 188 valence electrons. The Kier molecular flexibility index (Phi) is 7.55. The van der Waals surface area contributed by atoms with Crippen LogP contribution < -0.4 is 16.0 Å². The Morgan fingerprint density at radius 1 is 0.971 bits per heavy atom. The van der Waals surface area contributed by atoms with Crippen LogP contribution in [0.4, 0.5) is 9.80 Å². The number of rotatable bonds is 5. The predicted octanol–water partition coefficient (Wildman–Crippen LogP) is 2.23. The first-order chi connectivity index (χ1) is 16.7. The van der Waals surface area contributed by atoms with E-state index in [0.29, 0.717) is 36.6 Å². The summed E-state index contributed by atoms with van der Waals surface area (Å²) in [5, 5.41) is 7.80. The van der Waals surface area contributed by atoms with Crippen LogP contribution in [0.15, 0.2) is 29.2 Å². The third-order valence-electron chi connectivity index (χ3n) is 6.23. The van der Waals surface area contributed by atoms with Gasteiger partial charge in [-0.1, -0.05) is 6.42 Å². The van der Waals surface area contributed by atoms with Gasteiger partial charge in [0.05, 0.1) is 10.5 Å². The van der Waals surface area contributed by atoms with Gasteiger partial charge in [0.1, 0.15) is 5.00 Å². The van der Waals surface area contributed by atoms with Crippen LogP contribution in [0.1, 0.15) is 50.4 Å². The van der Waals surface area contributed by atoms with E-state index in [1.165, 1.54) is 47.0 Å². The van der Waals surface area contributed by atoms with Crippen LogP contribution in [-0.2, 0) is 23.0 Å². The van der Waals surface area contributed by atoms with Gasteiger partial charge in [-0.15, -0.1) is 11.3 Å². The molecule has 1 saturated heterocycles. The molecule has 0 saturated carbocycles. The number of piperidine rings is 1. The van der Waals surface area contributed by atoms with E-state index in [1.54, 1.807) is 0 Å². The number of nitrogens with one attached hydrogen (secondary N) is 3. The maximum absolute atomic E-state index is 13.0. The summed E-state index contributed by atoms with van der Waals surface area (Å²) >= 11 is 1.31. The van der Waals surface area contributed by atoms with Crippen molar-refractivity contribution in [3.05, 3.63) is 45.8 Å². The van der Waals surface area contributed by atoms with Crippen molar-refractivity contribution < 1.29 is 22.8 Å². The van der Waals surface area contributed by atoms with E-state index in [9.17, 15) is 22.8 Å². The maximum Gasteiger partial charge on any atom is 0.321 e. The summed E-state index contributed by atoms with van der Waals surface area (Å²) in [5.41, 5.74) is 1.39. The lowest BCUT2D eigenvalue weighted by Gasteiger charge is -2.25. The Balaban J connectivity index is 1.56. The summed E-state index contributed by atoms with van der Waals surface area (Å²) < 4.78 is 27.2. The summed E-state index contributed by atoms with van der Waals surface area (Å²) in [4.78, 5) is 40.8. The van der Waals surface area contributed by atoms with Gasteiger partial charge in [-0.3, -0.25) is 14.9 Å². The number of thiophene rings is 1. The van der Waals surface area contributed by atoms with Crippen LogP contribution in [0, 0.1) is 0 Å².